The number of carbonyl (C=O) groups excluding carboxylic acids is 1. The molecule has 24 heavy (non-hydrogen) atoms. The van der Waals surface area contributed by atoms with Gasteiger partial charge in [0.25, 0.3) is 0 Å². The van der Waals surface area contributed by atoms with Crippen LogP contribution in [0.2, 0.25) is 0 Å². The Kier molecular flexibility index (Phi) is 5.04. The summed E-state index contributed by atoms with van der Waals surface area (Å²) in [4.78, 5) is 25.1. The molecule has 2 saturated heterocycles. The summed E-state index contributed by atoms with van der Waals surface area (Å²) < 4.78 is 0. The van der Waals surface area contributed by atoms with Crippen molar-refractivity contribution in [3.8, 4) is 0 Å². The standard InChI is InChI=1S/C18H28N4O2/c1-14(2)15-10-19-13-20-17(15)22-7-3-5-18(12-22)6-4-16(24)21(11-18)8-9-23/h10,13-14,23H,3-9,11-12H2,1-2H3/t18-/m1/s1. The van der Waals surface area contributed by atoms with Crippen LogP contribution in [0, 0.1) is 5.41 Å². The fourth-order valence-electron chi connectivity index (χ4n) is 4.15. The van der Waals surface area contributed by atoms with Crippen LogP contribution in [0.25, 0.3) is 0 Å². The molecular formula is C18H28N4O2. The van der Waals surface area contributed by atoms with Gasteiger partial charge in [0.15, 0.2) is 0 Å². The van der Waals surface area contributed by atoms with Crippen molar-refractivity contribution >= 4 is 11.7 Å². The third-order valence-electron chi connectivity index (χ3n) is 5.42. The molecule has 6 nitrogen and oxygen atoms in total. The van der Waals surface area contributed by atoms with Gasteiger partial charge in [-0.3, -0.25) is 4.79 Å². The molecule has 1 atom stereocenters. The lowest BCUT2D eigenvalue weighted by atomic mass is 9.73. The first-order valence-corrected chi connectivity index (χ1v) is 8.98. The first-order chi connectivity index (χ1) is 11.5. The highest BCUT2D eigenvalue weighted by atomic mass is 16.3. The van der Waals surface area contributed by atoms with Crippen LogP contribution in [0.3, 0.4) is 0 Å². The molecule has 3 heterocycles. The van der Waals surface area contributed by atoms with Gasteiger partial charge >= 0.3 is 0 Å². The highest BCUT2D eigenvalue weighted by Crippen LogP contribution is 2.40. The number of aliphatic hydroxyl groups excluding tert-OH is 1. The van der Waals surface area contributed by atoms with Crippen LogP contribution >= 0.6 is 0 Å². The Morgan fingerprint density at radius 3 is 2.92 bits per heavy atom. The van der Waals surface area contributed by atoms with Crippen LogP contribution < -0.4 is 4.90 Å². The number of hydrogen-bond acceptors (Lipinski definition) is 5. The molecule has 0 saturated carbocycles. The summed E-state index contributed by atoms with van der Waals surface area (Å²) in [5, 5.41) is 9.23. The summed E-state index contributed by atoms with van der Waals surface area (Å²) in [6.07, 6.45) is 7.34. The molecule has 0 unspecified atom stereocenters. The molecule has 6 heteroatoms. The maximum Gasteiger partial charge on any atom is 0.222 e. The third-order valence-corrected chi connectivity index (χ3v) is 5.42. The Labute approximate surface area is 143 Å². The zero-order valence-electron chi connectivity index (χ0n) is 14.7. The fourth-order valence-corrected chi connectivity index (χ4v) is 4.15. The number of aliphatic hydroxyl groups is 1. The fraction of sp³-hybridized carbons (Fsp3) is 0.722. The summed E-state index contributed by atoms with van der Waals surface area (Å²) in [7, 11) is 0. The molecule has 0 bridgehead atoms. The van der Waals surface area contributed by atoms with E-state index in [1.165, 1.54) is 5.56 Å². The summed E-state index contributed by atoms with van der Waals surface area (Å²) in [5.41, 5.74) is 1.31. The normalized spacial score (nSPS) is 24.9. The van der Waals surface area contributed by atoms with Gasteiger partial charge in [-0.05, 0) is 25.2 Å². The van der Waals surface area contributed by atoms with Crippen molar-refractivity contribution in [1.82, 2.24) is 14.9 Å². The van der Waals surface area contributed by atoms with Crippen molar-refractivity contribution in [2.75, 3.05) is 37.7 Å². The molecule has 1 aromatic heterocycles. The average Bonchev–Trinajstić information content (AvgIpc) is 2.59. The van der Waals surface area contributed by atoms with Crippen molar-refractivity contribution in [2.45, 2.75) is 45.4 Å². The molecule has 1 aromatic rings. The van der Waals surface area contributed by atoms with E-state index in [0.717, 1.165) is 44.7 Å². The van der Waals surface area contributed by atoms with Crippen molar-refractivity contribution in [1.29, 1.82) is 0 Å². The molecule has 3 rings (SSSR count). The molecule has 2 aliphatic heterocycles. The number of rotatable bonds is 4. The first-order valence-electron chi connectivity index (χ1n) is 8.98. The largest absolute Gasteiger partial charge is 0.395 e. The van der Waals surface area contributed by atoms with Crippen molar-refractivity contribution in [3.63, 3.8) is 0 Å². The Balaban J connectivity index is 1.81. The number of amides is 1. The molecule has 1 spiro atoms. The van der Waals surface area contributed by atoms with Crippen LogP contribution in [0.4, 0.5) is 5.82 Å². The molecule has 2 aliphatic rings. The van der Waals surface area contributed by atoms with Gasteiger partial charge in [-0.1, -0.05) is 13.8 Å². The third kappa shape index (κ3) is 3.38. The number of hydrogen-bond donors (Lipinski definition) is 1. The lowest BCUT2D eigenvalue weighted by molar-refractivity contribution is -0.138. The number of piperidine rings is 2. The van der Waals surface area contributed by atoms with E-state index in [9.17, 15) is 9.90 Å². The average molecular weight is 332 g/mol. The first kappa shape index (κ1) is 17.1. The molecule has 2 fully saturated rings. The molecule has 1 amide bonds. The number of likely N-dealkylation sites (tertiary alicyclic amines) is 1. The lowest BCUT2D eigenvalue weighted by Gasteiger charge is -2.48. The predicted molar refractivity (Wildman–Crippen MR) is 92.9 cm³/mol. The van der Waals surface area contributed by atoms with Gasteiger partial charge < -0.3 is 14.9 Å². The van der Waals surface area contributed by atoms with E-state index < -0.39 is 0 Å². The number of anilines is 1. The SMILES string of the molecule is CC(C)c1cncnc1N1CCC[C@]2(CCC(=O)N(CCO)C2)C1. The predicted octanol–water partition coefficient (Wildman–Crippen LogP) is 1.80. The minimum atomic E-state index is 0.0366. The Morgan fingerprint density at radius 2 is 2.17 bits per heavy atom. The van der Waals surface area contributed by atoms with Gasteiger partial charge in [0.2, 0.25) is 5.91 Å². The van der Waals surface area contributed by atoms with Crippen LogP contribution in [0.15, 0.2) is 12.5 Å². The van der Waals surface area contributed by atoms with Crippen molar-refractivity contribution in [2.24, 2.45) is 5.41 Å². The van der Waals surface area contributed by atoms with Crippen LogP contribution in [0.5, 0.6) is 0 Å². The number of nitrogens with zero attached hydrogens (tertiary/aromatic N) is 4. The van der Waals surface area contributed by atoms with Gasteiger partial charge in [-0.25, -0.2) is 9.97 Å². The Morgan fingerprint density at radius 1 is 1.33 bits per heavy atom. The molecule has 0 aromatic carbocycles. The summed E-state index contributed by atoms with van der Waals surface area (Å²) in [5.74, 6) is 1.61. The van der Waals surface area contributed by atoms with Crippen molar-refractivity contribution in [3.05, 3.63) is 18.1 Å². The molecule has 1 N–H and O–H groups in total. The lowest BCUT2D eigenvalue weighted by Crippen LogP contribution is -2.54. The van der Waals surface area contributed by atoms with E-state index in [1.807, 2.05) is 11.1 Å². The zero-order chi connectivity index (χ0) is 17.2. The number of carbonyl (C=O) groups is 1. The molecular weight excluding hydrogens is 304 g/mol. The monoisotopic (exact) mass is 332 g/mol. The Hall–Kier alpha value is -1.69. The quantitative estimate of drug-likeness (QED) is 0.910. The highest BCUT2D eigenvalue weighted by molar-refractivity contribution is 5.77. The van der Waals surface area contributed by atoms with E-state index >= 15 is 0 Å². The van der Waals surface area contributed by atoms with Crippen molar-refractivity contribution < 1.29 is 9.90 Å². The van der Waals surface area contributed by atoms with Gasteiger partial charge in [0, 0.05) is 49.8 Å². The van der Waals surface area contributed by atoms with Crippen LogP contribution in [-0.4, -0.2) is 58.7 Å². The second-order valence-electron chi connectivity index (χ2n) is 7.52. The van der Waals surface area contributed by atoms with E-state index in [4.69, 9.17) is 0 Å². The van der Waals surface area contributed by atoms with Gasteiger partial charge in [0.05, 0.1) is 6.61 Å². The van der Waals surface area contributed by atoms with Crippen LogP contribution in [-0.2, 0) is 4.79 Å². The van der Waals surface area contributed by atoms with Gasteiger partial charge in [-0.2, -0.15) is 0 Å². The summed E-state index contributed by atoms with van der Waals surface area (Å²) in [6, 6.07) is 0. The van der Waals surface area contributed by atoms with Gasteiger partial charge in [0.1, 0.15) is 12.1 Å². The maximum atomic E-state index is 12.1. The Bertz CT molecular complexity index is 592. The minimum absolute atomic E-state index is 0.0366. The van der Waals surface area contributed by atoms with Crippen LogP contribution in [0.1, 0.15) is 51.0 Å². The van der Waals surface area contributed by atoms with Gasteiger partial charge in [-0.15, -0.1) is 0 Å². The zero-order valence-corrected chi connectivity index (χ0v) is 14.7. The summed E-state index contributed by atoms with van der Waals surface area (Å²) >= 11 is 0. The molecule has 132 valence electrons. The van der Waals surface area contributed by atoms with E-state index in [0.29, 0.717) is 18.9 Å². The second kappa shape index (κ2) is 7.05. The summed E-state index contributed by atoms with van der Waals surface area (Å²) in [6.45, 7) is 7.52. The molecule has 0 radical (unpaired) electrons. The number of aromatic nitrogens is 2. The van der Waals surface area contributed by atoms with E-state index in [-0.39, 0.29) is 17.9 Å². The topological polar surface area (TPSA) is 69.6 Å². The smallest absolute Gasteiger partial charge is 0.222 e. The van der Waals surface area contributed by atoms with E-state index in [1.54, 1.807) is 6.33 Å². The minimum Gasteiger partial charge on any atom is -0.395 e. The molecule has 0 aliphatic carbocycles. The maximum absolute atomic E-state index is 12.1. The second-order valence-corrected chi connectivity index (χ2v) is 7.52. The number of β-amino-alcohol motifs (C(OH)–C–C–N with tert-alkyl or cyclic N) is 1. The van der Waals surface area contributed by atoms with E-state index in [2.05, 4.69) is 28.7 Å². The highest BCUT2D eigenvalue weighted by Gasteiger charge is 2.42.